The summed E-state index contributed by atoms with van der Waals surface area (Å²) in [6, 6.07) is 23.3. The molecule has 222 valence electrons. The number of quaternary nitrogens is 1. The molecule has 0 spiro atoms. The number of carbonyl (C=O) groups excluding carboxylic acids is 1. The third-order valence-electron chi connectivity index (χ3n) is 8.10. The number of nitrogens with zero attached hydrogens (tertiary/aromatic N) is 4. The zero-order chi connectivity index (χ0) is 30.0. The molecule has 3 aromatic heterocycles. The Balaban J connectivity index is 1.16. The third-order valence-corrected chi connectivity index (χ3v) is 8.10. The molecule has 0 aliphatic carbocycles. The monoisotopic (exact) mass is 589 g/mol. The largest absolute Gasteiger partial charge is 0.495 e. The third kappa shape index (κ3) is 5.18. The van der Waals surface area contributed by atoms with Gasteiger partial charge >= 0.3 is 0 Å². The molecule has 1 fully saturated rings. The van der Waals surface area contributed by atoms with Gasteiger partial charge in [0.25, 0.3) is 5.91 Å². The van der Waals surface area contributed by atoms with E-state index in [0.717, 1.165) is 53.6 Å². The van der Waals surface area contributed by atoms with Crippen LogP contribution < -0.4 is 25.8 Å². The number of ether oxygens (including phenoxy) is 2. The predicted molar refractivity (Wildman–Crippen MR) is 169 cm³/mol. The van der Waals surface area contributed by atoms with Gasteiger partial charge in [-0.2, -0.15) is 5.10 Å². The first-order valence-electron chi connectivity index (χ1n) is 14.7. The number of anilines is 2. The topological polar surface area (TPSA) is 150 Å². The maximum Gasteiger partial charge on any atom is 0.272 e. The van der Waals surface area contributed by atoms with Crippen LogP contribution in [0.3, 0.4) is 0 Å². The van der Waals surface area contributed by atoms with Gasteiger partial charge in [-0.1, -0.05) is 42.5 Å². The molecular formula is C33H33N8O3+. The van der Waals surface area contributed by atoms with Crippen LogP contribution in [0.5, 0.6) is 11.5 Å². The van der Waals surface area contributed by atoms with Crippen LogP contribution in [0.4, 0.5) is 11.5 Å². The van der Waals surface area contributed by atoms with Crippen LogP contribution in [0.25, 0.3) is 33.2 Å². The van der Waals surface area contributed by atoms with Crippen molar-refractivity contribution in [3.63, 3.8) is 0 Å². The quantitative estimate of drug-likeness (QED) is 0.207. The molecule has 0 unspecified atom stereocenters. The van der Waals surface area contributed by atoms with Crippen molar-refractivity contribution >= 4 is 39.3 Å². The number of carbonyl (C=O) groups is 1. The van der Waals surface area contributed by atoms with Crippen molar-refractivity contribution in [1.29, 1.82) is 0 Å². The van der Waals surface area contributed by atoms with E-state index in [1.165, 1.54) is 6.33 Å². The van der Waals surface area contributed by atoms with E-state index >= 15 is 0 Å². The smallest absolute Gasteiger partial charge is 0.272 e. The summed E-state index contributed by atoms with van der Waals surface area (Å²) in [5, 5.41) is 11.8. The fraction of sp³-hybridized carbons (Fsp3) is 0.212. The number of methoxy groups -OCH3 is 1. The highest BCUT2D eigenvalue weighted by Crippen LogP contribution is 2.37. The number of nitrogen functional groups attached to an aromatic ring is 1. The molecule has 11 heteroatoms. The summed E-state index contributed by atoms with van der Waals surface area (Å²) in [5.74, 6) is 1.26. The first-order valence-corrected chi connectivity index (χ1v) is 14.7. The summed E-state index contributed by atoms with van der Waals surface area (Å²) in [4.78, 5) is 25.4. The van der Waals surface area contributed by atoms with Crippen LogP contribution in [-0.2, 0) is 6.61 Å². The van der Waals surface area contributed by atoms with Crippen LogP contribution in [0.2, 0.25) is 0 Å². The molecule has 1 saturated heterocycles. The molecule has 44 heavy (non-hydrogen) atoms. The minimum atomic E-state index is -0.303. The molecule has 6 aromatic rings. The van der Waals surface area contributed by atoms with E-state index in [1.807, 2.05) is 71.4 Å². The first-order chi connectivity index (χ1) is 21.6. The van der Waals surface area contributed by atoms with Crippen LogP contribution in [0, 0.1) is 0 Å². The van der Waals surface area contributed by atoms with Gasteiger partial charge in [0.1, 0.15) is 41.6 Å². The lowest BCUT2D eigenvalue weighted by atomic mass is 10.1. The van der Waals surface area contributed by atoms with Crippen molar-refractivity contribution < 1.29 is 19.6 Å². The Hall–Kier alpha value is -5.42. The number of fused-ring (bicyclic) bond motifs is 2. The second-order valence-electron chi connectivity index (χ2n) is 10.9. The summed E-state index contributed by atoms with van der Waals surface area (Å²) in [7, 11) is 1.57. The molecular weight excluding hydrogens is 556 g/mol. The maximum atomic E-state index is 13.4. The van der Waals surface area contributed by atoms with E-state index in [-0.39, 0.29) is 11.9 Å². The van der Waals surface area contributed by atoms with E-state index in [4.69, 9.17) is 20.3 Å². The zero-order valence-corrected chi connectivity index (χ0v) is 24.3. The summed E-state index contributed by atoms with van der Waals surface area (Å²) in [6.07, 6.45) is 3.49. The Bertz CT molecular complexity index is 1960. The Morgan fingerprint density at radius 1 is 1.05 bits per heavy atom. The van der Waals surface area contributed by atoms with E-state index in [1.54, 1.807) is 13.2 Å². The molecule has 6 N–H and O–H groups in total. The Morgan fingerprint density at radius 2 is 1.89 bits per heavy atom. The van der Waals surface area contributed by atoms with Gasteiger partial charge in [-0.25, -0.2) is 14.6 Å². The van der Waals surface area contributed by atoms with Crippen LogP contribution >= 0.6 is 0 Å². The van der Waals surface area contributed by atoms with E-state index in [2.05, 4.69) is 25.6 Å². The van der Waals surface area contributed by atoms with Gasteiger partial charge in [0, 0.05) is 29.3 Å². The number of benzene rings is 3. The second kappa shape index (κ2) is 11.7. The molecule has 11 nitrogen and oxygen atoms in total. The molecule has 0 atom stereocenters. The number of amides is 1. The van der Waals surface area contributed by atoms with Gasteiger partial charge in [-0.15, -0.1) is 0 Å². The number of aromatic amines is 1. The number of nitrogens with two attached hydrogens (primary N) is 2. The molecule has 1 aliphatic heterocycles. The lowest BCUT2D eigenvalue weighted by molar-refractivity contribution is -0.664. The maximum absolute atomic E-state index is 13.4. The van der Waals surface area contributed by atoms with E-state index < -0.39 is 0 Å². The summed E-state index contributed by atoms with van der Waals surface area (Å²) in [5.41, 5.74) is 11.3. The second-order valence-corrected chi connectivity index (χ2v) is 10.9. The fourth-order valence-electron chi connectivity index (χ4n) is 5.85. The average Bonchev–Trinajstić information content (AvgIpc) is 3.69. The van der Waals surface area contributed by atoms with Gasteiger partial charge in [0.05, 0.1) is 37.3 Å². The molecule has 1 amide bonds. The minimum absolute atomic E-state index is 0.242. The highest BCUT2D eigenvalue weighted by molar-refractivity contribution is 6.07. The molecule has 4 heterocycles. The molecule has 7 rings (SSSR count). The number of rotatable bonds is 8. The van der Waals surface area contributed by atoms with Crippen LogP contribution in [-0.4, -0.2) is 50.8 Å². The Labute approximate surface area is 253 Å². The van der Waals surface area contributed by atoms with Crippen molar-refractivity contribution in [3.8, 4) is 22.8 Å². The highest BCUT2D eigenvalue weighted by Gasteiger charge is 2.25. The van der Waals surface area contributed by atoms with E-state index in [0.29, 0.717) is 46.4 Å². The zero-order valence-electron chi connectivity index (χ0n) is 24.3. The van der Waals surface area contributed by atoms with E-state index in [9.17, 15) is 4.79 Å². The van der Waals surface area contributed by atoms with Crippen molar-refractivity contribution in [1.82, 2.24) is 24.7 Å². The van der Waals surface area contributed by atoms with Gasteiger partial charge in [-0.3, -0.25) is 4.79 Å². The molecule has 3 aromatic carbocycles. The minimum Gasteiger partial charge on any atom is -0.495 e. The van der Waals surface area contributed by atoms with Gasteiger partial charge < -0.3 is 30.8 Å². The van der Waals surface area contributed by atoms with Gasteiger partial charge in [-0.05, 0) is 35.9 Å². The number of piperidine rings is 1. The number of hydrogen-bond acceptors (Lipinski definition) is 7. The van der Waals surface area contributed by atoms with Crippen molar-refractivity contribution in [2.45, 2.75) is 25.5 Å². The number of nitrogens with one attached hydrogen (secondary N) is 2. The normalized spacial score (nSPS) is 13.8. The van der Waals surface area contributed by atoms with Crippen molar-refractivity contribution in [3.05, 3.63) is 90.4 Å². The molecule has 0 saturated carbocycles. The van der Waals surface area contributed by atoms with Gasteiger partial charge in [0.2, 0.25) is 0 Å². The van der Waals surface area contributed by atoms with Crippen molar-refractivity contribution in [2.24, 2.45) is 0 Å². The lowest BCUT2D eigenvalue weighted by Crippen LogP contribution is -2.86. The number of H-pyrrole nitrogens is 1. The average molecular weight is 590 g/mol. The summed E-state index contributed by atoms with van der Waals surface area (Å²) < 4.78 is 13.8. The standard InChI is InChI=1S/C33H32N8O3/c1-43-28-16-21(30-29-31(34)36-19-37-32(29)41(40-30)22-12-14-35-15-13-22)10-11-25(28)39-33(42)26-17-23-24(38-26)8-5-9-27(23)44-18-20-6-3-2-4-7-20/h2-11,16-17,19,22,35,38H,12-15,18H2,1H3,(H,39,42)(H2,34,36,37)/p+1. The number of hydrogen-bond donors (Lipinski definition) is 4. The molecule has 0 bridgehead atoms. The fourth-order valence-corrected chi connectivity index (χ4v) is 5.85. The van der Waals surface area contributed by atoms with Crippen LogP contribution in [0.1, 0.15) is 34.9 Å². The highest BCUT2D eigenvalue weighted by atomic mass is 16.5. The first kappa shape index (κ1) is 27.4. The SMILES string of the molecule is COc1cc(-c2nn(C3CC[NH2+]CC3)c3ncnc(N)c23)ccc1NC(=O)c1cc2c(OCc3ccccc3)cccc2[nH]1. The number of aromatic nitrogens is 5. The van der Waals surface area contributed by atoms with Crippen LogP contribution in [0.15, 0.2) is 79.1 Å². The predicted octanol–water partition coefficient (Wildman–Crippen LogP) is 4.30. The van der Waals surface area contributed by atoms with Gasteiger partial charge in [0.15, 0.2) is 5.65 Å². The summed E-state index contributed by atoms with van der Waals surface area (Å²) >= 11 is 0. The Kier molecular flexibility index (Phi) is 7.29. The van der Waals surface area contributed by atoms with Crippen molar-refractivity contribution in [2.75, 3.05) is 31.2 Å². The summed E-state index contributed by atoms with van der Waals surface area (Å²) in [6.45, 7) is 2.52. The lowest BCUT2D eigenvalue weighted by Gasteiger charge is -2.21. The molecule has 1 aliphatic rings. The molecule has 0 radical (unpaired) electrons. The Morgan fingerprint density at radius 3 is 2.70 bits per heavy atom.